The number of hydrazine groups is 1. The van der Waals surface area contributed by atoms with Crippen LogP contribution in [0.4, 0.5) is 5.69 Å². The normalized spacial score (nSPS) is 11.1. The summed E-state index contributed by atoms with van der Waals surface area (Å²) < 4.78 is 29.1. The third kappa shape index (κ3) is 3.49. The lowest BCUT2D eigenvalue weighted by Gasteiger charge is -2.10. The first-order valence-electron chi connectivity index (χ1n) is 6.00. The molecule has 0 saturated heterocycles. The van der Waals surface area contributed by atoms with Gasteiger partial charge in [0.1, 0.15) is 5.75 Å². The molecular formula is C14H16N2O3S. The van der Waals surface area contributed by atoms with Gasteiger partial charge in [0.2, 0.25) is 0 Å². The minimum atomic E-state index is -3.58. The van der Waals surface area contributed by atoms with Crippen molar-refractivity contribution in [1.82, 2.24) is 4.83 Å². The second-order valence-corrected chi connectivity index (χ2v) is 5.95. The molecule has 106 valence electrons. The number of hydrogen-bond donors (Lipinski definition) is 2. The van der Waals surface area contributed by atoms with E-state index in [-0.39, 0.29) is 4.90 Å². The Labute approximate surface area is 118 Å². The van der Waals surface area contributed by atoms with Crippen LogP contribution in [0.3, 0.4) is 0 Å². The van der Waals surface area contributed by atoms with Crippen LogP contribution in [-0.4, -0.2) is 15.5 Å². The number of sulfonamides is 1. The topological polar surface area (TPSA) is 67.4 Å². The number of rotatable bonds is 5. The summed E-state index contributed by atoms with van der Waals surface area (Å²) in [6.45, 7) is 1.90. The molecule has 0 aromatic heterocycles. The Hall–Kier alpha value is -2.05. The van der Waals surface area contributed by atoms with Crippen molar-refractivity contribution in [2.45, 2.75) is 11.8 Å². The van der Waals surface area contributed by atoms with E-state index in [1.165, 1.54) is 0 Å². The monoisotopic (exact) mass is 292 g/mol. The molecule has 0 atom stereocenters. The van der Waals surface area contributed by atoms with Crippen molar-refractivity contribution in [1.29, 1.82) is 0 Å². The molecule has 0 spiro atoms. The zero-order chi connectivity index (χ0) is 14.6. The molecule has 0 bridgehead atoms. The first-order chi connectivity index (χ1) is 9.51. The van der Waals surface area contributed by atoms with Crippen molar-refractivity contribution in [3.8, 4) is 5.75 Å². The van der Waals surface area contributed by atoms with Crippen molar-refractivity contribution in [2.75, 3.05) is 12.5 Å². The lowest BCUT2D eigenvalue weighted by Crippen LogP contribution is -2.29. The van der Waals surface area contributed by atoms with Gasteiger partial charge in [0.05, 0.1) is 17.7 Å². The molecule has 2 aromatic carbocycles. The van der Waals surface area contributed by atoms with Crippen molar-refractivity contribution in [3.05, 3.63) is 54.1 Å². The summed E-state index contributed by atoms with van der Waals surface area (Å²) in [4.78, 5) is 2.54. The van der Waals surface area contributed by atoms with E-state index in [9.17, 15) is 8.42 Å². The van der Waals surface area contributed by atoms with Crippen LogP contribution in [0.15, 0.2) is 53.4 Å². The maximum absolute atomic E-state index is 12.0. The Morgan fingerprint density at radius 3 is 2.10 bits per heavy atom. The van der Waals surface area contributed by atoms with Crippen molar-refractivity contribution >= 4 is 15.7 Å². The van der Waals surface area contributed by atoms with Gasteiger partial charge in [0, 0.05) is 0 Å². The lowest BCUT2D eigenvalue weighted by atomic mass is 10.2. The highest BCUT2D eigenvalue weighted by Crippen LogP contribution is 2.15. The molecule has 0 fully saturated rings. The Morgan fingerprint density at radius 1 is 0.950 bits per heavy atom. The van der Waals surface area contributed by atoms with E-state index in [1.54, 1.807) is 55.6 Å². The zero-order valence-electron chi connectivity index (χ0n) is 11.3. The maximum Gasteiger partial charge on any atom is 0.257 e. The van der Waals surface area contributed by atoms with Crippen LogP contribution < -0.4 is 15.0 Å². The summed E-state index contributed by atoms with van der Waals surface area (Å²) in [5.74, 6) is 0.706. The summed E-state index contributed by atoms with van der Waals surface area (Å²) in [5, 5.41) is 0. The molecule has 0 saturated carbocycles. The smallest absolute Gasteiger partial charge is 0.257 e. The number of benzene rings is 2. The molecule has 0 unspecified atom stereocenters. The predicted octanol–water partition coefficient (Wildman–Crippen LogP) is 2.31. The highest BCUT2D eigenvalue weighted by Gasteiger charge is 2.12. The molecule has 5 nitrogen and oxygen atoms in total. The number of ether oxygens (including phenoxy) is 1. The van der Waals surface area contributed by atoms with Crippen LogP contribution in [0.2, 0.25) is 0 Å². The van der Waals surface area contributed by atoms with Crippen LogP contribution in [0.1, 0.15) is 5.56 Å². The quantitative estimate of drug-likeness (QED) is 0.830. The van der Waals surface area contributed by atoms with Crippen molar-refractivity contribution in [2.24, 2.45) is 0 Å². The second kappa shape index (κ2) is 5.94. The summed E-state index contributed by atoms with van der Waals surface area (Å²) in [6.07, 6.45) is 0. The molecular weight excluding hydrogens is 276 g/mol. The van der Waals surface area contributed by atoms with E-state index in [4.69, 9.17) is 4.74 Å². The fourth-order valence-corrected chi connectivity index (χ4v) is 2.44. The van der Waals surface area contributed by atoms with Crippen LogP contribution in [0, 0.1) is 6.92 Å². The van der Waals surface area contributed by atoms with E-state index >= 15 is 0 Å². The third-order valence-electron chi connectivity index (χ3n) is 2.75. The maximum atomic E-state index is 12.0. The molecule has 6 heteroatoms. The SMILES string of the molecule is COc1ccc(NNS(=O)(=O)c2ccc(C)cc2)cc1. The molecule has 0 aliphatic rings. The van der Waals surface area contributed by atoms with E-state index in [2.05, 4.69) is 10.3 Å². The average Bonchev–Trinajstić information content (AvgIpc) is 2.46. The van der Waals surface area contributed by atoms with E-state index in [0.717, 1.165) is 5.56 Å². The van der Waals surface area contributed by atoms with Gasteiger partial charge in [-0.3, -0.25) is 0 Å². The van der Waals surface area contributed by atoms with E-state index < -0.39 is 10.0 Å². The van der Waals surface area contributed by atoms with Gasteiger partial charge < -0.3 is 10.2 Å². The van der Waals surface area contributed by atoms with Gasteiger partial charge in [0.15, 0.2) is 0 Å². The zero-order valence-corrected chi connectivity index (χ0v) is 12.1. The van der Waals surface area contributed by atoms with E-state index in [0.29, 0.717) is 11.4 Å². The minimum absolute atomic E-state index is 0.212. The van der Waals surface area contributed by atoms with Crippen molar-refractivity contribution < 1.29 is 13.2 Å². The van der Waals surface area contributed by atoms with Crippen LogP contribution in [0.5, 0.6) is 5.75 Å². The van der Waals surface area contributed by atoms with Gasteiger partial charge in [0.25, 0.3) is 10.0 Å². The van der Waals surface area contributed by atoms with Gasteiger partial charge in [-0.05, 0) is 43.3 Å². The summed E-state index contributed by atoms with van der Waals surface area (Å²) >= 11 is 0. The van der Waals surface area contributed by atoms with Gasteiger partial charge in [-0.1, -0.05) is 17.7 Å². The van der Waals surface area contributed by atoms with Crippen LogP contribution in [-0.2, 0) is 10.0 Å². The molecule has 0 aliphatic heterocycles. The molecule has 0 amide bonds. The molecule has 2 rings (SSSR count). The van der Waals surface area contributed by atoms with Gasteiger partial charge in [-0.2, -0.15) is 0 Å². The summed E-state index contributed by atoms with van der Waals surface area (Å²) in [5.41, 5.74) is 4.29. The minimum Gasteiger partial charge on any atom is -0.497 e. The number of methoxy groups -OCH3 is 1. The largest absolute Gasteiger partial charge is 0.497 e. The molecule has 0 radical (unpaired) electrons. The molecule has 0 heterocycles. The Balaban J connectivity index is 2.06. The Kier molecular flexibility index (Phi) is 4.26. The van der Waals surface area contributed by atoms with Crippen molar-refractivity contribution in [3.63, 3.8) is 0 Å². The first-order valence-corrected chi connectivity index (χ1v) is 7.48. The summed E-state index contributed by atoms with van der Waals surface area (Å²) in [7, 11) is -2.01. The van der Waals surface area contributed by atoms with Crippen LogP contribution in [0.25, 0.3) is 0 Å². The highest BCUT2D eigenvalue weighted by atomic mass is 32.2. The highest BCUT2D eigenvalue weighted by molar-refractivity contribution is 7.89. The summed E-state index contributed by atoms with van der Waals surface area (Å²) in [6, 6.07) is 13.5. The molecule has 0 aliphatic carbocycles. The molecule has 2 aromatic rings. The molecule has 2 N–H and O–H groups in total. The number of anilines is 1. The Bertz CT molecular complexity index is 665. The number of hydrogen-bond acceptors (Lipinski definition) is 4. The first kappa shape index (κ1) is 14.4. The Morgan fingerprint density at radius 2 is 1.55 bits per heavy atom. The standard InChI is InChI=1S/C14H16N2O3S/c1-11-3-9-14(10-4-11)20(17,18)16-15-12-5-7-13(19-2)8-6-12/h3-10,15-16H,1-2H3. The van der Waals surface area contributed by atoms with Gasteiger partial charge in [-0.15, -0.1) is 4.83 Å². The van der Waals surface area contributed by atoms with Gasteiger partial charge >= 0.3 is 0 Å². The van der Waals surface area contributed by atoms with E-state index in [1.807, 2.05) is 6.92 Å². The third-order valence-corrected chi connectivity index (χ3v) is 4.01. The fraction of sp³-hybridized carbons (Fsp3) is 0.143. The fourth-order valence-electron chi connectivity index (χ4n) is 1.58. The van der Waals surface area contributed by atoms with Gasteiger partial charge in [-0.25, -0.2) is 8.42 Å². The predicted molar refractivity (Wildman–Crippen MR) is 78.1 cm³/mol. The second-order valence-electron chi connectivity index (χ2n) is 4.27. The number of aryl methyl sites for hydroxylation is 1. The van der Waals surface area contributed by atoms with Crippen LogP contribution >= 0.6 is 0 Å². The average molecular weight is 292 g/mol. The lowest BCUT2D eigenvalue weighted by molar-refractivity contribution is 0.415. The molecule has 20 heavy (non-hydrogen) atoms. The number of nitrogens with one attached hydrogen (secondary N) is 2.